The fourth-order valence-corrected chi connectivity index (χ4v) is 2.96. The van der Waals surface area contributed by atoms with E-state index in [0.717, 1.165) is 12.0 Å². The number of carbonyl (C=O) groups is 2. The third-order valence-corrected chi connectivity index (χ3v) is 4.63. The van der Waals surface area contributed by atoms with E-state index >= 15 is 0 Å². The predicted octanol–water partition coefficient (Wildman–Crippen LogP) is 3.09. The highest BCUT2D eigenvalue weighted by atomic mass is 19.1. The number of nitrogens with one attached hydrogen (secondary N) is 2. The number of rotatable bonds is 10. The first-order valence-corrected chi connectivity index (χ1v) is 10.3. The molecule has 0 radical (unpaired) electrons. The molecule has 0 saturated carbocycles. The van der Waals surface area contributed by atoms with Crippen molar-refractivity contribution >= 4 is 11.8 Å². The third-order valence-electron chi connectivity index (χ3n) is 4.63. The molecule has 0 fully saturated rings. The molecule has 6 nitrogen and oxygen atoms in total. The Morgan fingerprint density at radius 3 is 2.45 bits per heavy atom. The summed E-state index contributed by atoms with van der Waals surface area (Å²) in [5.41, 5.74) is 0.775. The molecule has 2 aromatic rings. The molecule has 0 aliphatic rings. The SMILES string of the molecule is CC(C)(C)CCNC(=O)c1c(F)cccc1OCC(=O)N[C@H](CO)Cc1ccccc1. The number of halogens is 1. The number of benzene rings is 2. The Hall–Kier alpha value is -2.93. The lowest BCUT2D eigenvalue weighted by Gasteiger charge is -2.19. The van der Waals surface area contributed by atoms with Crippen molar-refractivity contribution in [3.8, 4) is 5.75 Å². The second-order valence-electron chi connectivity index (χ2n) is 8.60. The van der Waals surface area contributed by atoms with Crippen molar-refractivity contribution < 1.29 is 23.8 Å². The summed E-state index contributed by atoms with van der Waals surface area (Å²) < 4.78 is 19.8. The second-order valence-corrected chi connectivity index (χ2v) is 8.60. The average molecular weight is 431 g/mol. The highest BCUT2D eigenvalue weighted by Gasteiger charge is 2.20. The summed E-state index contributed by atoms with van der Waals surface area (Å²) >= 11 is 0. The molecule has 1 atom stereocenters. The molecule has 7 heteroatoms. The van der Waals surface area contributed by atoms with Crippen molar-refractivity contribution in [2.24, 2.45) is 5.41 Å². The topological polar surface area (TPSA) is 87.7 Å². The van der Waals surface area contributed by atoms with Crippen molar-refractivity contribution in [1.29, 1.82) is 0 Å². The standard InChI is InChI=1S/C24H31FN2O4/c1-24(2,3)12-13-26-23(30)22-19(25)10-7-11-20(22)31-16-21(29)27-18(15-28)14-17-8-5-4-6-9-17/h4-11,18,28H,12-16H2,1-3H3,(H,26,30)(H,27,29)/t18-/m0/s1. The van der Waals surface area contributed by atoms with E-state index in [0.29, 0.717) is 13.0 Å². The molecule has 168 valence electrons. The van der Waals surface area contributed by atoms with Crippen LogP contribution in [0.2, 0.25) is 0 Å². The van der Waals surface area contributed by atoms with Crippen LogP contribution in [0.25, 0.3) is 0 Å². The summed E-state index contributed by atoms with van der Waals surface area (Å²) in [5.74, 6) is -1.79. The summed E-state index contributed by atoms with van der Waals surface area (Å²) in [6.07, 6.45) is 1.19. The summed E-state index contributed by atoms with van der Waals surface area (Å²) in [6.45, 7) is 5.90. The zero-order valence-electron chi connectivity index (χ0n) is 18.3. The number of ether oxygens (including phenoxy) is 1. The largest absolute Gasteiger partial charge is 0.483 e. The van der Waals surface area contributed by atoms with E-state index in [1.807, 2.05) is 51.1 Å². The Kier molecular flexibility index (Phi) is 9.00. The quantitative estimate of drug-likeness (QED) is 0.541. The molecule has 2 amide bonds. The summed E-state index contributed by atoms with van der Waals surface area (Å²) in [6, 6.07) is 13.0. The molecule has 31 heavy (non-hydrogen) atoms. The van der Waals surface area contributed by atoms with Crippen LogP contribution in [-0.2, 0) is 11.2 Å². The first-order chi connectivity index (χ1) is 14.7. The zero-order valence-corrected chi connectivity index (χ0v) is 18.3. The maximum absolute atomic E-state index is 14.3. The van der Waals surface area contributed by atoms with Gasteiger partial charge in [-0.2, -0.15) is 0 Å². The van der Waals surface area contributed by atoms with Gasteiger partial charge in [-0.15, -0.1) is 0 Å². The highest BCUT2D eigenvalue weighted by molar-refractivity contribution is 5.97. The van der Waals surface area contributed by atoms with Crippen LogP contribution in [0.15, 0.2) is 48.5 Å². The van der Waals surface area contributed by atoms with E-state index in [1.54, 1.807) is 0 Å². The van der Waals surface area contributed by atoms with E-state index in [-0.39, 0.29) is 23.3 Å². The first kappa shape index (κ1) is 24.3. The van der Waals surface area contributed by atoms with Crippen LogP contribution < -0.4 is 15.4 Å². The Bertz CT molecular complexity index is 866. The minimum atomic E-state index is -0.719. The number of amides is 2. The van der Waals surface area contributed by atoms with E-state index in [9.17, 15) is 19.1 Å². The summed E-state index contributed by atoms with van der Waals surface area (Å²) in [5, 5.41) is 14.9. The van der Waals surface area contributed by atoms with Crippen LogP contribution >= 0.6 is 0 Å². The number of carbonyl (C=O) groups excluding carboxylic acids is 2. The van der Waals surface area contributed by atoms with E-state index in [2.05, 4.69) is 10.6 Å². The lowest BCUT2D eigenvalue weighted by atomic mass is 9.92. The number of aliphatic hydroxyl groups is 1. The Morgan fingerprint density at radius 1 is 1.10 bits per heavy atom. The minimum Gasteiger partial charge on any atom is -0.483 e. The van der Waals surface area contributed by atoms with Gasteiger partial charge in [0, 0.05) is 6.54 Å². The van der Waals surface area contributed by atoms with Crippen molar-refractivity contribution in [2.45, 2.75) is 39.7 Å². The Labute approximate surface area is 182 Å². The molecule has 0 aromatic heterocycles. The molecule has 2 aromatic carbocycles. The highest BCUT2D eigenvalue weighted by Crippen LogP contribution is 2.22. The second kappa shape index (κ2) is 11.5. The molecule has 0 spiro atoms. The van der Waals surface area contributed by atoms with Crippen molar-refractivity contribution in [1.82, 2.24) is 10.6 Å². The van der Waals surface area contributed by atoms with Gasteiger partial charge in [-0.1, -0.05) is 57.2 Å². The molecule has 2 rings (SSSR count). The third kappa shape index (κ3) is 8.38. The lowest BCUT2D eigenvalue weighted by Crippen LogP contribution is -2.41. The van der Waals surface area contributed by atoms with Crippen molar-refractivity contribution in [3.63, 3.8) is 0 Å². The monoisotopic (exact) mass is 430 g/mol. The van der Waals surface area contributed by atoms with E-state index in [1.165, 1.54) is 18.2 Å². The number of hydrogen-bond acceptors (Lipinski definition) is 4. The van der Waals surface area contributed by atoms with Gasteiger partial charge in [0.25, 0.3) is 11.8 Å². The predicted molar refractivity (Wildman–Crippen MR) is 117 cm³/mol. The number of hydrogen-bond donors (Lipinski definition) is 3. The van der Waals surface area contributed by atoms with Crippen LogP contribution in [0.5, 0.6) is 5.75 Å². The van der Waals surface area contributed by atoms with E-state index < -0.39 is 30.3 Å². The molecule has 0 unspecified atom stereocenters. The van der Waals surface area contributed by atoms with Gasteiger partial charge in [0.1, 0.15) is 17.1 Å². The summed E-state index contributed by atoms with van der Waals surface area (Å²) in [4.78, 5) is 24.8. The normalized spacial score (nSPS) is 12.2. The molecular weight excluding hydrogens is 399 g/mol. The molecule has 0 aliphatic heterocycles. The fraction of sp³-hybridized carbons (Fsp3) is 0.417. The van der Waals surface area contributed by atoms with Gasteiger partial charge in [0.2, 0.25) is 0 Å². The summed E-state index contributed by atoms with van der Waals surface area (Å²) in [7, 11) is 0. The van der Waals surface area contributed by atoms with Crippen LogP contribution in [0.3, 0.4) is 0 Å². The maximum atomic E-state index is 14.3. The van der Waals surface area contributed by atoms with Crippen LogP contribution in [0.4, 0.5) is 4.39 Å². The maximum Gasteiger partial charge on any atom is 0.258 e. The Balaban J connectivity index is 1.95. The number of aliphatic hydroxyl groups excluding tert-OH is 1. The van der Waals surface area contributed by atoms with Crippen LogP contribution in [0, 0.1) is 11.2 Å². The minimum absolute atomic E-state index is 0.00739. The van der Waals surface area contributed by atoms with Crippen LogP contribution in [-0.4, -0.2) is 42.7 Å². The molecular formula is C24H31FN2O4. The van der Waals surface area contributed by atoms with Gasteiger partial charge in [0.15, 0.2) is 6.61 Å². The van der Waals surface area contributed by atoms with Gasteiger partial charge in [-0.05, 0) is 36.0 Å². The zero-order chi connectivity index (χ0) is 22.9. The molecule has 0 bridgehead atoms. The van der Waals surface area contributed by atoms with Gasteiger partial charge >= 0.3 is 0 Å². The van der Waals surface area contributed by atoms with E-state index in [4.69, 9.17) is 4.74 Å². The lowest BCUT2D eigenvalue weighted by molar-refractivity contribution is -0.124. The molecule has 3 N–H and O–H groups in total. The molecule has 0 aliphatic carbocycles. The van der Waals surface area contributed by atoms with Gasteiger partial charge in [0.05, 0.1) is 12.6 Å². The molecule has 0 heterocycles. The smallest absolute Gasteiger partial charge is 0.258 e. The first-order valence-electron chi connectivity index (χ1n) is 10.3. The van der Waals surface area contributed by atoms with Gasteiger partial charge < -0.3 is 20.5 Å². The van der Waals surface area contributed by atoms with Crippen molar-refractivity contribution in [3.05, 3.63) is 65.5 Å². The Morgan fingerprint density at radius 2 is 1.81 bits per heavy atom. The van der Waals surface area contributed by atoms with Gasteiger partial charge in [-0.3, -0.25) is 9.59 Å². The van der Waals surface area contributed by atoms with Crippen LogP contribution in [0.1, 0.15) is 43.1 Å². The van der Waals surface area contributed by atoms with Gasteiger partial charge in [-0.25, -0.2) is 4.39 Å². The molecule has 0 saturated heterocycles. The fourth-order valence-electron chi connectivity index (χ4n) is 2.96. The van der Waals surface area contributed by atoms with Crippen molar-refractivity contribution in [2.75, 3.05) is 19.8 Å². The average Bonchev–Trinajstić information content (AvgIpc) is 2.71.